The Balaban J connectivity index is 1.32. The minimum absolute atomic E-state index is 0.0472. The predicted molar refractivity (Wildman–Crippen MR) is 103 cm³/mol. The number of hydrogen-bond acceptors (Lipinski definition) is 4. The van der Waals surface area contributed by atoms with Crippen molar-refractivity contribution in [1.82, 2.24) is 15.0 Å². The molecule has 156 valence electrons. The van der Waals surface area contributed by atoms with Crippen molar-refractivity contribution in [3.8, 4) is 0 Å². The van der Waals surface area contributed by atoms with Gasteiger partial charge in [-0.1, -0.05) is 11.2 Å². The van der Waals surface area contributed by atoms with E-state index in [9.17, 15) is 18.4 Å². The van der Waals surface area contributed by atoms with E-state index in [-0.39, 0.29) is 42.2 Å². The maximum absolute atomic E-state index is 14.1. The third-order valence-electron chi connectivity index (χ3n) is 6.20. The van der Waals surface area contributed by atoms with Crippen LogP contribution in [0.15, 0.2) is 22.7 Å². The van der Waals surface area contributed by atoms with Crippen LogP contribution in [0, 0.1) is 31.4 Å². The molecule has 2 bridgehead atoms. The average Bonchev–Trinajstić information content (AvgIpc) is 3.40. The summed E-state index contributed by atoms with van der Waals surface area (Å²) in [6.45, 7) is 3.97. The van der Waals surface area contributed by atoms with Gasteiger partial charge in [0.05, 0.1) is 24.0 Å². The lowest BCUT2D eigenvalue weighted by molar-refractivity contribution is -0.132. The number of aryl methyl sites for hydroxylation is 2. The maximum Gasteiger partial charge on any atom is 0.322 e. The second kappa shape index (κ2) is 6.65. The van der Waals surface area contributed by atoms with Gasteiger partial charge in [-0.3, -0.25) is 4.79 Å². The number of nitrogens with one attached hydrogen (secondary N) is 1. The summed E-state index contributed by atoms with van der Waals surface area (Å²) in [7, 11) is 0. The number of benzene rings is 1. The van der Waals surface area contributed by atoms with Gasteiger partial charge in [0.25, 0.3) is 0 Å². The van der Waals surface area contributed by atoms with E-state index < -0.39 is 17.7 Å². The lowest BCUT2D eigenvalue weighted by Crippen LogP contribution is -2.47. The van der Waals surface area contributed by atoms with Crippen molar-refractivity contribution in [3.63, 3.8) is 0 Å². The van der Waals surface area contributed by atoms with Crippen LogP contribution >= 0.6 is 0 Å². The number of nitrogens with zero attached hydrogens (tertiary/aromatic N) is 3. The van der Waals surface area contributed by atoms with Crippen LogP contribution in [-0.4, -0.2) is 46.0 Å². The fourth-order valence-electron chi connectivity index (χ4n) is 4.77. The number of amides is 3. The SMILES string of the molecule is Cc1noc(C)c1C1=C[C@@H]2C[C@H]1CN2C(=O)CN1Cc2c(ccc(F)c2F)NC1=O. The quantitative estimate of drug-likeness (QED) is 0.837. The molecule has 0 spiro atoms. The molecule has 0 radical (unpaired) electrons. The van der Waals surface area contributed by atoms with Crippen LogP contribution in [0.1, 0.15) is 29.0 Å². The second-order valence-corrected chi connectivity index (χ2v) is 8.04. The molecule has 7 nitrogen and oxygen atoms in total. The lowest BCUT2D eigenvalue weighted by Gasteiger charge is -2.32. The molecule has 5 rings (SSSR count). The molecule has 1 aromatic heterocycles. The summed E-state index contributed by atoms with van der Waals surface area (Å²) in [6.07, 6.45) is 2.89. The van der Waals surface area contributed by atoms with Crippen molar-refractivity contribution in [2.45, 2.75) is 32.9 Å². The molecule has 3 heterocycles. The number of anilines is 1. The smallest absolute Gasteiger partial charge is 0.322 e. The number of carbonyl (C=O) groups excluding carboxylic acids is 2. The Bertz CT molecular complexity index is 1090. The molecule has 1 aromatic carbocycles. The van der Waals surface area contributed by atoms with E-state index in [2.05, 4.69) is 16.5 Å². The Labute approximate surface area is 171 Å². The first-order valence-corrected chi connectivity index (χ1v) is 9.80. The number of urea groups is 1. The molecule has 1 N–H and O–H groups in total. The standard InChI is InChI=1S/C21H20F2N4O3/c1-10-19(11(2)30-25-10)14-6-13-5-12(14)7-27(13)18(28)9-26-8-15-17(24-21(26)29)4-3-16(22)20(15)23/h3-4,6,12-13H,5,7-9H2,1-2H3,(H,24,29)/t12-,13-/m0/s1. The monoisotopic (exact) mass is 414 g/mol. The molecule has 0 saturated carbocycles. The largest absolute Gasteiger partial charge is 0.361 e. The van der Waals surface area contributed by atoms with Crippen molar-refractivity contribution in [1.29, 1.82) is 0 Å². The topological polar surface area (TPSA) is 78.7 Å². The fourth-order valence-corrected chi connectivity index (χ4v) is 4.77. The first-order chi connectivity index (χ1) is 14.3. The summed E-state index contributed by atoms with van der Waals surface area (Å²) >= 11 is 0. The van der Waals surface area contributed by atoms with E-state index in [1.807, 2.05) is 13.8 Å². The molecular weight excluding hydrogens is 394 g/mol. The number of carbonyl (C=O) groups is 2. The normalized spacial score (nSPS) is 22.3. The van der Waals surface area contributed by atoms with Gasteiger partial charge in [0, 0.05) is 23.6 Å². The van der Waals surface area contributed by atoms with E-state index >= 15 is 0 Å². The minimum Gasteiger partial charge on any atom is -0.361 e. The van der Waals surface area contributed by atoms with Gasteiger partial charge >= 0.3 is 6.03 Å². The minimum atomic E-state index is -1.00. The number of hydrogen-bond donors (Lipinski definition) is 1. The van der Waals surface area contributed by atoms with Crippen LogP contribution in [0.5, 0.6) is 0 Å². The number of halogens is 2. The van der Waals surface area contributed by atoms with Crippen molar-refractivity contribution >= 4 is 23.2 Å². The van der Waals surface area contributed by atoms with Crippen LogP contribution < -0.4 is 5.32 Å². The first kappa shape index (κ1) is 18.8. The molecule has 30 heavy (non-hydrogen) atoms. The Morgan fingerprint density at radius 2 is 2.13 bits per heavy atom. The highest BCUT2D eigenvalue weighted by molar-refractivity contribution is 5.95. The van der Waals surface area contributed by atoms with Gasteiger partial charge in [0.2, 0.25) is 5.91 Å². The zero-order valence-electron chi connectivity index (χ0n) is 16.5. The lowest BCUT2D eigenvalue weighted by atomic mass is 9.94. The van der Waals surface area contributed by atoms with E-state index in [1.165, 1.54) is 11.0 Å². The summed E-state index contributed by atoms with van der Waals surface area (Å²) in [5.74, 6) is -1.24. The van der Waals surface area contributed by atoms with Crippen LogP contribution in [-0.2, 0) is 11.3 Å². The summed E-state index contributed by atoms with van der Waals surface area (Å²) in [6, 6.07) is 1.74. The van der Waals surface area contributed by atoms with Gasteiger partial charge in [0.1, 0.15) is 12.3 Å². The third-order valence-corrected chi connectivity index (χ3v) is 6.20. The van der Waals surface area contributed by atoms with Crippen molar-refractivity contribution in [2.24, 2.45) is 5.92 Å². The molecule has 1 saturated heterocycles. The Morgan fingerprint density at radius 3 is 2.80 bits per heavy atom. The molecule has 3 amide bonds. The highest BCUT2D eigenvalue weighted by Crippen LogP contribution is 2.44. The molecule has 1 fully saturated rings. The molecule has 0 unspecified atom stereocenters. The first-order valence-electron chi connectivity index (χ1n) is 9.80. The fraction of sp³-hybridized carbons (Fsp3) is 0.381. The maximum atomic E-state index is 14.1. The van der Waals surface area contributed by atoms with E-state index in [1.54, 1.807) is 4.90 Å². The van der Waals surface area contributed by atoms with Gasteiger partial charge in [-0.15, -0.1) is 0 Å². The van der Waals surface area contributed by atoms with Crippen molar-refractivity contribution in [3.05, 3.63) is 52.4 Å². The third kappa shape index (κ3) is 2.79. The zero-order chi connectivity index (χ0) is 21.2. The summed E-state index contributed by atoms with van der Waals surface area (Å²) in [4.78, 5) is 28.2. The van der Waals surface area contributed by atoms with Gasteiger partial charge in [-0.05, 0) is 38.0 Å². The van der Waals surface area contributed by atoms with E-state index in [0.717, 1.165) is 35.1 Å². The Morgan fingerprint density at radius 1 is 1.33 bits per heavy atom. The predicted octanol–water partition coefficient (Wildman–Crippen LogP) is 3.23. The molecule has 9 heteroatoms. The highest BCUT2D eigenvalue weighted by atomic mass is 19.2. The number of rotatable bonds is 3. The van der Waals surface area contributed by atoms with Crippen LogP contribution in [0.25, 0.3) is 5.57 Å². The summed E-state index contributed by atoms with van der Waals surface area (Å²) in [5.41, 5.74) is 3.28. The number of likely N-dealkylation sites (tertiary alicyclic amines) is 1. The highest BCUT2D eigenvalue weighted by Gasteiger charge is 2.43. The van der Waals surface area contributed by atoms with E-state index in [4.69, 9.17) is 4.52 Å². The Hall–Kier alpha value is -3.23. The average molecular weight is 414 g/mol. The molecule has 3 aliphatic rings. The van der Waals surface area contributed by atoms with Gasteiger partial charge in [-0.2, -0.15) is 0 Å². The molecule has 1 aliphatic carbocycles. The summed E-state index contributed by atoms with van der Waals surface area (Å²) < 4.78 is 32.9. The molecule has 2 aliphatic heterocycles. The van der Waals surface area contributed by atoms with Gasteiger partial charge in [0.15, 0.2) is 11.6 Å². The summed E-state index contributed by atoms with van der Waals surface area (Å²) in [5, 5.41) is 6.54. The van der Waals surface area contributed by atoms with Gasteiger partial charge in [-0.25, -0.2) is 13.6 Å². The molecular formula is C21H20F2N4O3. The number of aromatic nitrogens is 1. The molecule has 2 aromatic rings. The van der Waals surface area contributed by atoms with E-state index in [0.29, 0.717) is 6.54 Å². The zero-order valence-corrected chi connectivity index (χ0v) is 16.5. The van der Waals surface area contributed by atoms with Gasteiger partial charge < -0.3 is 19.6 Å². The van der Waals surface area contributed by atoms with Crippen molar-refractivity contribution in [2.75, 3.05) is 18.4 Å². The van der Waals surface area contributed by atoms with Crippen LogP contribution in [0.2, 0.25) is 0 Å². The number of fused-ring (bicyclic) bond motifs is 3. The Kier molecular flexibility index (Phi) is 4.16. The molecule has 2 atom stereocenters. The second-order valence-electron chi connectivity index (χ2n) is 8.04. The van der Waals surface area contributed by atoms with Crippen LogP contribution in [0.3, 0.4) is 0 Å². The van der Waals surface area contributed by atoms with Crippen LogP contribution in [0.4, 0.5) is 19.3 Å². The van der Waals surface area contributed by atoms with Crippen molar-refractivity contribution < 1.29 is 22.9 Å².